The predicted octanol–water partition coefficient (Wildman–Crippen LogP) is 4.56. The Balaban J connectivity index is 1.75. The molecule has 0 unspecified atom stereocenters. The van der Waals surface area contributed by atoms with Crippen molar-refractivity contribution in [3.63, 3.8) is 0 Å². The van der Waals surface area contributed by atoms with E-state index in [9.17, 15) is 4.79 Å². The van der Waals surface area contributed by atoms with E-state index in [-0.39, 0.29) is 5.91 Å². The Hall–Kier alpha value is -3.73. The van der Waals surface area contributed by atoms with Crippen molar-refractivity contribution < 1.29 is 9.53 Å². The SMILES string of the molecule is COc1ccc(NC(=O)c2cc(-c3cccnc3)nc3ccccc23)cc1. The molecule has 5 nitrogen and oxygen atoms in total. The van der Waals surface area contributed by atoms with Crippen molar-refractivity contribution in [2.75, 3.05) is 12.4 Å². The first-order valence-electron chi connectivity index (χ1n) is 8.50. The van der Waals surface area contributed by atoms with Crippen LogP contribution in [-0.4, -0.2) is 23.0 Å². The molecule has 2 heterocycles. The van der Waals surface area contributed by atoms with E-state index in [0.717, 1.165) is 22.2 Å². The van der Waals surface area contributed by atoms with Gasteiger partial charge in [0.1, 0.15) is 5.75 Å². The Morgan fingerprint density at radius 2 is 1.81 bits per heavy atom. The summed E-state index contributed by atoms with van der Waals surface area (Å²) in [6.07, 6.45) is 3.45. The monoisotopic (exact) mass is 355 g/mol. The molecule has 0 aliphatic rings. The molecule has 0 radical (unpaired) electrons. The minimum atomic E-state index is -0.191. The minimum Gasteiger partial charge on any atom is -0.497 e. The van der Waals surface area contributed by atoms with Crippen molar-refractivity contribution in [3.8, 4) is 17.0 Å². The number of anilines is 1. The van der Waals surface area contributed by atoms with Gasteiger partial charge >= 0.3 is 0 Å². The van der Waals surface area contributed by atoms with Gasteiger partial charge in [0.25, 0.3) is 5.91 Å². The van der Waals surface area contributed by atoms with E-state index >= 15 is 0 Å². The lowest BCUT2D eigenvalue weighted by Crippen LogP contribution is -2.13. The van der Waals surface area contributed by atoms with E-state index in [2.05, 4.69) is 15.3 Å². The molecular formula is C22H17N3O2. The fourth-order valence-electron chi connectivity index (χ4n) is 2.90. The number of pyridine rings is 2. The molecular weight excluding hydrogens is 338 g/mol. The van der Waals surface area contributed by atoms with E-state index in [1.807, 2.05) is 48.5 Å². The smallest absolute Gasteiger partial charge is 0.256 e. The molecule has 1 amide bonds. The highest BCUT2D eigenvalue weighted by atomic mass is 16.5. The maximum absolute atomic E-state index is 13.0. The van der Waals surface area contributed by atoms with Crippen molar-refractivity contribution in [3.05, 3.63) is 84.7 Å². The van der Waals surface area contributed by atoms with Crippen molar-refractivity contribution in [1.82, 2.24) is 9.97 Å². The van der Waals surface area contributed by atoms with E-state index < -0.39 is 0 Å². The standard InChI is InChI=1S/C22H17N3O2/c1-27-17-10-8-16(9-11-17)24-22(26)19-13-21(15-5-4-12-23-14-15)25-20-7-3-2-6-18(19)20/h2-14H,1H3,(H,24,26). The third kappa shape index (κ3) is 3.48. The molecule has 0 aliphatic carbocycles. The van der Waals surface area contributed by atoms with Crippen LogP contribution in [0.15, 0.2) is 79.1 Å². The lowest BCUT2D eigenvalue weighted by Gasteiger charge is -2.11. The topological polar surface area (TPSA) is 64.1 Å². The van der Waals surface area contributed by atoms with Gasteiger partial charge in [0.2, 0.25) is 0 Å². The second kappa shape index (κ2) is 7.25. The van der Waals surface area contributed by atoms with E-state index in [4.69, 9.17) is 4.74 Å². The molecule has 0 saturated carbocycles. The first-order chi connectivity index (χ1) is 13.2. The maximum atomic E-state index is 13.0. The number of hydrogen-bond acceptors (Lipinski definition) is 4. The van der Waals surface area contributed by atoms with Crippen LogP contribution in [0.4, 0.5) is 5.69 Å². The number of benzene rings is 2. The molecule has 5 heteroatoms. The third-order valence-electron chi connectivity index (χ3n) is 4.27. The Labute approximate surface area is 156 Å². The molecule has 0 fully saturated rings. The molecule has 0 bridgehead atoms. The van der Waals surface area contributed by atoms with Gasteiger partial charge in [-0.25, -0.2) is 4.98 Å². The number of carbonyl (C=O) groups excluding carboxylic acids is 1. The Bertz CT molecular complexity index is 1090. The van der Waals surface area contributed by atoms with Gasteiger partial charge in [0.05, 0.1) is 23.9 Å². The quantitative estimate of drug-likeness (QED) is 0.583. The fraction of sp³-hybridized carbons (Fsp3) is 0.0455. The second-order valence-electron chi connectivity index (χ2n) is 6.00. The number of nitrogens with zero attached hydrogens (tertiary/aromatic N) is 2. The predicted molar refractivity (Wildman–Crippen MR) is 106 cm³/mol. The number of rotatable bonds is 4. The summed E-state index contributed by atoms with van der Waals surface area (Å²) in [5, 5.41) is 3.74. The van der Waals surface area contributed by atoms with Gasteiger partial charge in [-0.05, 0) is 48.5 Å². The summed E-state index contributed by atoms with van der Waals surface area (Å²) >= 11 is 0. The number of carbonyl (C=O) groups is 1. The molecule has 2 aromatic heterocycles. The van der Waals surface area contributed by atoms with Crippen molar-refractivity contribution in [1.29, 1.82) is 0 Å². The van der Waals surface area contributed by atoms with Crippen LogP contribution in [0.25, 0.3) is 22.2 Å². The van der Waals surface area contributed by atoms with Crippen LogP contribution in [0.5, 0.6) is 5.75 Å². The van der Waals surface area contributed by atoms with Crippen LogP contribution in [0.2, 0.25) is 0 Å². The lowest BCUT2D eigenvalue weighted by atomic mass is 10.0. The highest BCUT2D eigenvalue weighted by Crippen LogP contribution is 2.25. The third-order valence-corrected chi connectivity index (χ3v) is 4.27. The van der Waals surface area contributed by atoms with E-state index in [1.54, 1.807) is 37.7 Å². The molecule has 0 atom stereocenters. The van der Waals surface area contributed by atoms with Crippen molar-refractivity contribution in [2.24, 2.45) is 0 Å². The first-order valence-corrected chi connectivity index (χ1v) is 8.50. The summed E-state index contributed by atoms with van der Waals surface area (Å²) < 4.78 is 5.15. The van der Waals surface area contributed by atoms with Gasteiger partial charge in [0, 0.05) is 29.0 Å². The number of nitrogens with one attached hydrogen (secondary N) is 1. The highest BCUT2D eigenvalue weighted by molar-refractivity contribution is 6.13. The van der Waals surface area contributed by atoms with Crippen LogP contribution < -0.4 is 10.1 Å². The van der Waals surface area contributed by atoms with E-state index in [1.165, 1.54) is 0 Å². The summed E-state index contributed by atoms with van der Waals surface area (Å²) in [5.74, 6) is 0.546. The maximum Gasteiger partial charge on any atom is 0.256 e. The molecule has 4 rings (SSSR count). The van der Waals surface area contributed by atoms with Crippen LogP contribution in [0.3, 0.4) is 0 Å². The van der Waals surface area contributed by atoms with Gasteiger partial charge in [-0.3, -0.25) is 9.78 Å². The summed E-state index contributed by atoms with van der Waals surface area (Å²) in [4.78, 5) is 21.8. The lowest BCUT2D eigenvalue weighted by molar-refractivity contribution is 0.102. The minimum absolute atomic E-state index is 0.191. The van der Waals surface area contributed by atoms with Gasteiger partial charge in [-0.15, -0.1) is 0 Å². The molecule has 4 aromatic rings. The number of methoxy groups -OCH3 is 1. The molecule has 0 spiro atoms. The van der Waals surface area contributed by atoms with Gasteiger partial charge in [0.15, 0.2) is 0 Å². The molecule has 132 valence electrons. The number of para-hydroxylation sites is 1. The van der Waals surface area contributed by atoms with Gasteiger partial charge in [-0.2, -0.15) is 0 Å². The number of ether oxygens (including phenoxy) is 1. The zero-order chi connectivity index (χ0) is 18.6. The summed E-state index contributed by atoms with van der Waals surface area (Å²) in [7, 11) is 1.61. The average molecular weight is 355 g/mol. The van der Waals surface area contributed by atoms with Crippen molar-refractivity contribution in [2.45, 2.75) is 0 Å². The number of fused-ring (bicyclic) bond motifs is 1. The van der Waals surface area contributed by atoms with Crippen molar-refractivity contribution >= 4 is 22.5 Å². The zero-order valence-electron chi connectivity index (χ0n) is 14.7. The normalized spacial score (nSPS) is 10.6. The Morgan fingerprint density at radius 1 is 1.00 bits per heavy atom. The zero-order valence-corrected chi connectivity index (χ0v) is 14.7. The van der Waals surface area contributed by atoms with E-state index in [0.29, 0.717) is 16.9 Å². The summed E-state index contributed by atoms with van der Waals surface area (Å²) in [5.41, 5.74) is 3.60. The van der Waals surface area contributed by atoms with Gasteiger partial charge < -0.3 is 10.1 Å². The molecule has 1 N–H and O–H groups in total. The molecule has 27 heavy (non-hydrogen) atoms. The molecule has 0 saturated heterocycles. The Morgan fingerprint density at radius 3 is 2.56 bits per heavy atom. The number of hydrogen-bond donors (Lipinski definition) is 1. The van der Waals surface area contributed by atoms with Crippen LogP contribution in [-0.2, 0) is 0 Å². The summed E-state index contributed by atoms with van der Waals surface area (Å²) in [6, 6.07) is 20.4. The second-order valence-corrected chi connectivity index (χ2v) is 6.00. The highest BCUT2D eigenvalue weighted by Gasteiger charge is 2.14. The molecule has 2 aromatic carbocycles. The fourth-order valence-corrected chi connectivity index (χ4v) is 2.90. The van der Waals surface area contributed by atoms with Gasteiger partial charge in [-0.1, -0.05) is 18.2 Å². The average Bonchev–Trinajstić information content (AvgIpc) is 2.74. The van der Waals surface area contributed by atoms with Crippen LogP contribution in [0.1, 0.15) is 10.4 Å². The summed E-state index contributed by atoms with van der Waals surface area (Å²) in [6.45, 7) is 0. The Kier molecular flexibility index (Phi) is 4.49. The first kappa shape index (κ1) is 16.7. The van der Waals surface area contributed by atoms with Crippen LogP contribution >= 0.6 is 0 Å². The number of aromatic nitrogens is 2. The largest absolute Gasteiger partial charge is 0.497 e. The number of amides is 1. The van der Waals surface area contributed by atoms with Crippen LogP contribution in [0, 0.1) is 0 Å². The molecule has 0 aliphatic heterocycles.